The van der Waals surface area contributed by atoms with Crippen molar-refractivity contribution in [2.75, 3.05) is 0 Å². The number of hydrogen-bond donors (Lipinski definition) is 1. The van der Waals surface area contributed by atoms with E-state index in [0.717, 1.165) is 12.1 Å². The van der Waals surface area contributed by atoms with Crippen molar-refractivity contribution in [1.29, 1.82) is 0 Å². The lowest BCUT2D eigenvalue weighted by Crippen LogP contribution is -2.37. The van der Waals surface area contributed by atoms with Crippen LogP contribution in [0.15, 0.2) is 42.5 Å². The van der Waals surface area contributed by atoms with Crippen molar-refractivity contribution in [3.63, 3.8) is 0 Å². The van der Waals surface area contributed by atoms with Crippen molar-refractivity contribution in [3.8, 4) is 0 Å². The Morgan fingerprint density at radius 1 is 1.19 bits per heavy atom. The summed E-state index contributed by atoms with van der Waals surface area (Å²) in [6, 6.07) is 8.49. The SMILES string of the molecule is C[C@H](OC(=O)c1cc([N+](=O)[O-])ccc1Cl)C(=O)N[C@@H](C)c1ccc(F)cc1. The molecule has 0 fully saturated rings. The van der Waals surface area contributed by atoms with Crippen LogP contribution in [0.1, 0.15) is 35.8 Å². The van der Waals surface area contributed by atoms with Crippen LogP contribution in [-0.4, -0.2) is 22.9 Å². The number of nitrogens with one attached hydrogen (secondary N) is 1. The van der Waals surface area contributed by atoms with Crippen LogP contribution in [0.2, 0.25) is 5.02 Å². The average molecular weight is 395 g/mol. The summed E-state index contributed by atoms with van der Waals surface area (Å²) >= 11 is 5.88. The van der Waals surface area contributed by atoms with Gasteiger partial charge in [0, 0.05) is 12.1 Å². The molecule has 2 aromatic rings. The van der Waals surface area contributed by atoms with E-state index < -0.39 is 34.8 Å². The van der Waals surface area contributed by atoms with Crippen LogP contribution >= 0.6 is 11.6 Å². The second-order valence-electron chi connectivity index (χ2n) is 5.75. The highest BCUT2D eigenvalue weighted by molar-refractivity contribution is 6.33. The number of rotatable bonds is 6. The van der Waals surface area contributed by atoms with Crippen LogP contribution in [0.4, 0.5) is 10.1 Å². The molecule has 0 aliphatic heterocycles. The fraction of sp³-hybridized carbons (Fsp3) is 0.222. The number of hydrogen-bond acceptors (Lipinski definition) is 5. The number of ether oxygens (including phenoxy) is 1. The van der Waals surface area contributed by atoms with Crippen LogP contribution in [0, 0.1) is 15.9 Å². The fourth-order valence-corrected chi connectivity index (χ4v) is 2.42. The van der Waals surface area contributed by atoms with Crippen LogP contribution < -0.4 is 5.32 Å². The Morgan fingerprint density at radius 3 is 2.41 bits per heavy atom. The molecule has 27 heavy (non-hydrogen) atoms. The number of esters is 1. The van der Waals surface area contributed by atoms with Crippen molar-refractivity contribution < 1.29 is 23.6 Å². The third-order valence-corrected chi connectivity index (χ3v) is 4.09. The van der Waals surface area contributed by atoms with Gasteiger partial charge in [-0.05, 0) is 37.6 Å². The Kier molecular flexibility index (Phi) is 6.46. The summed E-state index contributed by atoms with van der Waals surface area (Å²) in [6.07, 6.45) is -1.17. The van der Waals surface area contributed by atoms with Gasteiger partial charge in [0.25, 0.3) is 11.6 Å². The van der Waals surface area contributed by atoms with Crippen molar-refractivity contribution in [1.82, 2.24) is 5.32 Å². The first-order valence-electron chi connectivity index (χ1n) is 7.89. The lowest BCUT2D eigenvalue weighted by atomic mass is 10.1. The first kappa shape index (κ1) is 20.3. The maximum Gasteiger partial charge on any atom is 0.340 e. The second-order valence-corrected chi connectivity index (χ2v) is 6.16. The topological polar surface area (TPSA) is 98.5 Å². The lowest BCUT2D eigenvalue weighted by molar-refractivity contribution is -0.384. The zero-order chi connectivity index (χ0) is 20.1. The molecule has 1 amide bonds. The molecule has 0 saturated heterocycles. The minimum Gasteiger partial charge on any atom is -0.449 e. The number of benzene rings is 2. The van der Waals surface area contributed by atoms with Gasteiger partial charge in [0.15, 0.2) is 6.10 Å². The molecule has 0 heterocycles. The molecule has 2 atom stereocenters. The first-order chi connectivity index (χ1) is 12.7. The molecule has 0 aliphatic rings. The Balaban J connectivity index is 2.03. The number of halogens is 2. The number of nitro groups is 1. The number of nitrogens with zero attached hydrogens (tertiary/aromatic N) is 1. The second kappa shape index (κ2) is 8.59. The van der Waals surface area contributed by atoms with Crippen molar-refractivity contribution in [2.45, 2.75) is 26.0 Å². The highest BCUT2D eigenvalue weighted by Gasteiger charge is 2.23. The van der Waals surface area contributed by atoms with E-state index in [1.165, 1.54) is 37.3 Å². The van der Waals surface area contributed by atoms with Crippen LogP contribution in [0.3, 0.4) is 0 Å². The van der Waals surface area contributed by atoms with Crippen LogP contribution in [0.5, 0.6) is 0 Å². The molecule has 0 unspecified atom stereocenters. The van der Waals surface area contributed by atoms with Crippen molar-refractivity contribution in [2.24, 2.45) is 0 Å². The number of amides is 1. The van der Waals surface area contributed by atoms with Crippen molar-refractivity contribution in [3.05, 3.63) is 74.5 Å². The van der Waals surface area contributed by atoms with E-state index in [1.54, 1.807) is 6.92 Å². The maximum absolute atomic E-state index is 13.0. The first-order valence-corrected chi connectivity index (χ1v) is 8.27. The Labute approximate surface area is 159 Å². The molecular weight excluding hydrogens is 379 g/mol. The summed E-state index contributed by atoms with van der Waals surface area (Å²) in [7, 11) is 0. The third-order valence-electron chi connectivity index (χ3n) is 3.76. The summed E-state index contributed by atoms with van der Waals surface area (Å²) in [5.74, 6) is -1.93. The molecule has 2 aromatic carbocycles. The molecule has 0 radical (unpaired) electrons. The highest BCUT2D eigenvalue weighted by Crippen LogP contribution is 2.23. The van der Waals surface area contributed by atoms with Gasteiger partial charge in [-0.1, -0.05) is 23.7 Å². The van der Waals surface area contributed by atoms with E-state index in [-0.39, 0.29) is 16.3 Å². The number of nitro benzene ring substituents is 1. The highest BCUT2D eigenvalue weighted by atomic mass is 35.5. The Hall–Kier alpha value is -3.00. The molecule has 1 N–H and O–H groups in total. The molecule has 0 bridgehead atoms. The molecule has 7 nitrogen and oxygen atoms in total. The monoisotopic (exact) mass is 394 g/mol. The Morgan fingerprint density at radius 2 is 1.81 bits per heavy atom. The number of carbonyl (C=O) groups is 2. The van der Waals surface area contributed by atoms with E-state index in [2.05, 4.69) is 5.32 Å². The molecule has 9 heteroatoms. The van der Waals surface area contributed by atoms with Gasteiger partial charge in [0.05, 0.1) is 21.6 Å². The molecule has 0 spiro atoms. The number of non-ortho nitro benzene ring substituents is 1. The maximum atomic E-state index is 13.0. The van der Waals surface area contributed by atoms with Gasteiger partial charge in [0.1, 0.15) is 5.82 Å². The molecule has 0 aromatic heterocycles. The summed E-state index contributed by atoms with van der Waals surface area (Å²) in [6.45, 7) is 3.05. The molecule has 0 aliphatic carbocycles. The van der Waals surface area contributed by atoms with Gasteiger partial charge in [0.2, 0.25) is 0 Å². The van der Waals surface area contributed by atoms with E-state index in [1.807, 2.05) is 0 Å². The predicted molar refractivity (Wildman–Crippen MR) is 95.9 cm³/mol. The standard InChI is InChI=1S/C18H16ClFN2O5/c1-10(12-3-5-13(20)6-4-12)21-17(23)11(2)27-18(24)15-9-14(22(25)26)7-8-16(15)19/h3-11H,1-2H3,(H,21,23)/t10-,11-/m0/s1. The van der Waals surface area contributed by atoms with Crippen LogP contribution in [-0.2, 0) is 9.53 Å². The smallest absolute Gasteiger partial charge is 0.340 e. The van der Waals surface area contributed by atoms with Gasteiger partial charge in [-0.15, -0.1) is 0 Å². The minimum absolute atomic E-state index is 0.0297. The minimum atomic E-state index is -1.17. The Bertz CT molecular complexity index is 873. The summed E-state index contributed by atoms with van der Waals surface area (Å²) in [5, 5.41) is 13.4. The van der Waals surface area contributed by atoms with Gasteiger partial charge < -0.3 is 10.1 Å². The quantitative estimate of drug-likeness (QED) is 0.456. The molecule has 0 saturated carbocycles. The largest absolute Gasteiger partial charge is 0.449 e. The normalized spacial score (nSPS) is 12.7. The van der Waals surface area contributed by atoms with Gasteiger partial charge in [-0.25, -0.2) is 9.18 Å². The van der Waals surface area contributed by atoms with E-state index in [4.69, 9.17) is 16.3 Å². The summed E-state index contributed by atoms with van der Waals surface area (Å²) < 4.78 is 18.0. The molecular formula is C18H16ClFN2O5. The lowest BCUT2D eigenvalue weighted by Gasteiger charge is -2.18. The summed E-state index contributed by atoms with van der Waals surface area (Å²) in [5.41, 5.74) is 0.135. The van der Waals surface area contributed by atoms with Crippen LogP contribution in [0.25, 0.3) is 0 Å². The third kappa shape index (κ3) is 5.24. The fourth-order valence-electron chi connectivity index (χ4n) is 2.23. The van der Waals surface area contributed by atoms with Gasteiger partial charge in [-0.3, -0.25) is 14.9 Å². The van der Waals surface area contributed by atoms with E-state index in [0.29, 0.717) is 5.56 Å². The zero-order valence-electron chi connectivity index (χ0n) is 14.4. The van der Waals surface area contributed by atoms with Crippen molar-refractivity contribution >= 4 is 29.2 Å². The van der Waals surface area contributed by atoms with E-state index >= 15 is 0 Å². The van der Waals surface area contributed by atoms with Gasteiger partial charge in [-0.2, -0.15) is 0 Å². The van der Waals surface area contributed by atoms with Gasteiger partial charge >= 0.3 is 5.97 Å². The average Bonchev–Trinajstić information content (AvgIpc) is 2.62. The predicted octanol–water partition coefficient (Wildman–Crippen LogP) is 3.81. The molecule has 2 rings (SSSR count). The number of carbonyl (C=O) groups excluding carboxylic acids is 2. The van der Waals surface area contributed by atoms with E-state index in [9.17, 15) is 24.1 Å². The summed E-state index contributed by atoms with van der Waals surface area (Å²) in [4.78, 5) is 34.6. The zero-order valence-corrected chi connectivity index (χ0v) is 15.2. The molecule has 142 valence electrons.